The fourth-order valence-electron chi connectivity index (χ4n) is 3.53. The average Bonchev–Trinajstić information content (AvgIpc) is 2.72. The van der Waals surface area contributed by atoms with Crippen LogP contribution in [0.15, 0.2) is 12.1 Å². The van der Waals surface area contributed by atoms with Crippen LogP contribution in [0.5, 0.6) is 11.5 Å². The van der Waals surface area contributed by atoms with Crippen molar-refractivity contribution in [3.63, 3.8) is 0 Å². The Labute approximate surface area is 173 Å². The van der Waals surface area contributed by atoms with Gasteiger partial charge in [-0.25, -0.2) is 0 Å². The van der Waals surface area contributed by atoms with Gasteiger partial charge >= 0.3 is 0 Å². The summed E-state index contributed by atoms with van der Waals surface area (Å²) in [6, 6.07) is 3.78. The molecule has 0 aliphatic heterocycles. The number of likely N-dealkylation sites (N-methyl/N-ethyl adjacent to an activating group) is 1. The largest absolute Gasteiger partial charge is 0.496 e. The first kappa shape index (κ1) is 23.0. The summed E-state index contributed by atoms with van der Waals surface area (Å²) in [5.41, 5.74) is 0.651. The van der Waals surface area contributed by atoms with Crippen LogP contribution >= 0.6 is 0 Å². The molecule has 0 saturated heterocycles. The minimum atomic E-state index is -0.282. The molecule has 0 heterocycles. The first-order chi connectivity index (χ1) is 13.9. The van der Waals surface area contributed by atoms with Crippen LogP contribution in [0.1, 0.15) is 46.4 Å². The lowest BCUT2D eigenvalue weighted by Gasteiger charge is -2.29. The van der Waals surface area contributed by atoms with E-state index in [1.807, 2.05) is 26.0 Å². The highest BCUT2D eigenvalue weighted by atomic mass is 16.5. The van der Waals surface area contributed by atoms with Crippen LogP contribution in [-0.2, 0) is 0 Å². The van der Waals surface area contributed by atoms with Crippen molar-refractivity contribution >= 4 is 11.8 Å². The summed E-state index contributed by atoms with van der Waals surface area (Å²) in [5.74, 6) is 0.234. The van der Waals surface area contributed by atoms with E-state index >= 15 is 0 Å². The van der Waals surface area contributed by atoms with E-state index in [0.29, 0.717) is 41.8 Å². The molecule has 0 radical (unpaired) electrons. The van der Waals surface area contributed by atoms with Crippen LogP contribution in [0, 0.1) is 0 Å². The lowest BCUT2D eigenvalue weighted by atomic mass is 9.91. The average molecular weight is 407 g/mol. The summed E-state index contributed by atoms with van der Waals surface area (Å²) in [6.07, 6.45) is 3.91. The molecule has 162 valence electrons. The molecule has 29 heavy (non-hydrogen) atoms. The lowest BCUT2D eigenvalue weighted by molar-refractivity contribution is 0.0921. The van der Waals surface area contributed by atoms with Crippen molar-refractivity contribution in [3.05, 3.63) is 23.3 Å². The Morgan fingerprint density at radius 3 is 2.03 bits per heavy atom. The van der Waals surface area contributed by atoms with E-state index in [2.05, 4.69) is 16.0 Å². The molecule has 1 aromatic rings. The van der Waals surface area contributed by atoms with Gasteiger partial charge in [0.15, 0.2) is 0 Å². The van der Waals surface area contributed by atoms with Crippen molar-refractivity contribution in [2.45, 2.75) is 37.8 Å². The van der Waals surface area contributed by atoms with E-state index in [0.717, 1.165) is 25.7 Å². The fraction of sp³-hybridized carbons (Fsp3) is 0.619. The zero-order valence-corrected chi connectivity index (χ0v) is 18.1. The third-order valence-corrected chi connectivity index (χ3v) is 5.33. The number of nitrogens with zero attached hydrogens (tertiary/aromatic N) is 1. The van der Waals surface area contributed by atoms with E-state index in [1.54, 1.807) is 12.1 Å². The van der Waals surface area contributed by atoms with Gasteiger partial charge in [-0.15, -0.1) is 0 Å². The predicted octanol–water partition coefficient (Wildman–Crippen LogP) is 1.26. The highest BCUT2D eigenvalue weighted by molar-refractivity contribution is 6.03. The molecular formula is C21H34N4O4. The van der Waals surface area contributed by atoms with Crippen LogP contribution < -0.4 is 25.4 Å². The maximum Gasteiger partial charge on any atom is 0.255 e. The molecule has 1 aliphatic rings. The fourth-order valence-corrected chi connectivity index (χ4v) is 3.53. The monoisotopic (exact) mass is 406 g/mol. The molecule has 0 unspecified atom stereocenters. The van der Waals surface area contributed by atoms with Gasteiger partial charge in [0.25, 0.3) is 11.8 Å². The maximum absolute atomic E-state index is 12.9. The molecule has 0 bridgehead atoms. The number of nitrogens with one attached hydrogen (secondary N) is 3. The number of methoxy groups -OCH3 is 2. The van der Waals surface area contributed by atoms with Gasteiger partial charge in [-0.2, -0.15) is 0 Å². The van der Waals surface area contributed by atoms with Gasteiger partial charge in [-0.3, -0.25) is 9.59 Å². The molecule has 1 aromatic carbocycles. The summed E-state index contributed by atoms with van der Waals surface area (Å²) in [5, 5.41) is 9.24. The number of carbonyl (C=O) groups excluding carboxylic acids is 2. The molecule has 1 fully saturated rings. The van der Waals surface area contributed by atoms with E-state index in [9.17, 15) is 9.59 Å². The number of benzene rings is 1. The van der Waals surface area contributed by atoms with Gasteiger partial charge in [0, 0.05) is 31.2 Å². The number of rotatable bonds is 9. The Bertz CT molecular complexity index is 700. The SMILES string of the molecule is CN[C@H]1CC[C@H](NC(=O)c2cc(C(=O)NCCN(C)C)c(OC)cc2OC)CC1. The van der Waals surface area contributed by atoms with Gasteiger partial charge in [0.2, 0.25) is 0 Å². The van der Waals surface area contributed by atoms with Gasteiger partial charge in [0.05, 0.1) is 25.3 Å². The summed E-state index contributed by atoms with van der Waals surface area (Å²) < 4.78 is 10.7. The molecule has 3 N–H and O–H groups in total. The molecule has 8 heteroatoms. The van der Waals surface area contributed by atoms with Crippen molar-refractivity contribution in [3.8, 4) is 11.5 Å². The molecule has 0 aromatic heterocycles. The maximum atomic E-state index is 12.9. The predicted molar refractivity (Wildman–Crippen MR) is 113 cm³/mol. The number of amides is 2. The zero-order valence-electron chi connectivity index (χ0n) is 18.1. The molecule has 2 rings (SSSR count). The second kappa shape index (κ2) is 11.0. The topological polar surface area (TPSA) is 91.9 Å². The molecular weight excluding hydrogens is 372 g/mol. The Hall–Kier alpha value is -2.32. The van der Waals surface area contributed by atoms with Gasteiger partial charge in [-0.1, -0.05) is 0 Å². The minimum absolute atomic E-state index is 0.122. The van der Waals surface area contributed by atoms with Crippen molar-refractivity contribution in [2.24, 2.45) is 0 Å². The Morgan fingerprint density at radius 1 is 0.966 bits per heavy atom. The lowest BCUT2D eigenvalue weighted by Crippen LogP contribution is -2.41. The van der Waals surface area contributed by atoms with E-state index in [-0.39, 0.29) is 17.9 Å². The summed E-state index contributed by atoms with van der Waals surface area (Å²) >= 11 is 0. The van der Waals surface area contributed by atoms with Crippen molar-refractivity contribution < 1.29 is 19.1 Å². The standard InChI is InChI=1S/C21H34N4O4/c1-22-14-6-8-15(9-7-14)24-21(27)17-12-16(18(28-4)13-19(17)29-5)20(26)23-10-11-25(2)3/h12-15,22H,6-11H2,1-5H3,(H,23,26)(H,24,27)/t14-,15-. The first-order valence-corrected chi connectivity index (χ1v) is 10.1. The van der Waals surface area contributed by atoms with Crippen molar-refractivity contribution in [1.82, 2.24) is 20.9 Å². The molecule has 1 aliphatic carbocycles. The van der Waals surface area contributed by atoms with Crippen LogP contribution in [0.4, 0.5) is 0 Å². The smallest absolute Gasteiger partial charge is 0.255 e. The highest BCUT2D eigenvalue weighted by Crippen LogP contribution is 2.30. The summed E-state index contributed by atoms with van der Waals surface area (Å²) in [4.78, 5) is 27.6. The number of hydrogen-bond acceptors (Lipinski definition) is 6. The van der Waals surface area contributed by atoms with Gasteiger partial charge in [-0.05, 0) is 52.9 Å². The third kappa shape index (κ3) is 6.33. The molecule has 8 nitrogen and oxygen atoms in total. The Morgan fingerprint density at radius 2 is 1.52 bits per heavy atom. The van der Waals surface area contributed by atoms with E-state index < -0.39 is 0 Å². The van der Waals surface area contributed by atoms with Crippen LogP contribution in [-0.4, -0.2) is 77.3 Å². The highest BCUT2D eigenvalue weighted by Gasteiger charge is 2.25. The van der Waals surface area contributed by atoms with E-state index in [1.165, 1.54) is 14.2 Å². The second-order valence-corrected chi connectivity index (χ2v) is 7.62. The normalized spacial score (nSPS) is 19.0. The van der Waals surface area contributed by atoms with Gasteiger partial charge < -0.3 is 30.3 Å². The molecule has 2 amide bonds. The van der Waals surface area contributed by atoms with Crippen LogP contribution in [0.25, 0.3) is 0 Å². The Balaban J connectivity index is 2.17. The Kier molecular flexibility index (Phi) is 8.72. The third-order valence-electron chi connectivity index (χ3n) is 5.33. The number of hydrogen-bond donors (Lipinski definition) is 3. The van der Waals surface area contributed by atoms with E-state index in [4.69, 9.17) is 9.47 Å². The van der Waals surface area contributed by atoms with Crippen LogP contribution in [0.2, 0.25) is 0 Å². The summed E-state index contributed by atoms with van der Waals surface area (Å²) in [6.45, 7) is 1.21. The minimum Gasteiger partial charge on any atom is -0.496 e. The molecule has 1 saturated carbocycles. The van der Waals surface area contributed by atoms with Gasteiger partial charge in [0.1, 0.15) is 11.5 Å². The molecule has 0 spiro atoms. The summed E-state index contributed by atoms with van der Waals surface area (Å²) in [7, 11) is 8.84. The number of ether oxygens (including phenoxy) is 2. The quantitative estimate of drug-likeness (QED) is 0.572. The number of carbonyl (C=O) groups is 2. The van der Waals surface area contributed by atoms with Crippen molar-refractivity contribution in [1.29, 1.82) is 0 Å². The van der Waals surface area contributed by atoms with Crippen molar-refractivity contribution in [2.75, 3.05) is 48.5 Å². The first-order valence-electron chi connectivity index (χ1n) is 10.1. The zero-order chi connectivity index (χ0) is 21.4. The molecule has 0 atom stereocenters. The van der Waals surface area contributed by atoms with Crippen LogP contribution in [0.3, 0.4) is 0 Å². The second-order valence-electron chi connectivity index (χ2n) is 7.62.